The van der Waals surface area contributed by atoms with Gasteiger partial charge in [0.15, 0.2) is 0 Å². The van der Waals surface area contributed by atoms with E-state index in [-0.39, 0.29) is 5.92 Å². The highest BCUT2D eigenvalue weighted by Gasteiger charge is 2.12. The molecule has 0 amide bonds. The zero-order valence-corrected chi connectivity index (χ0v) is 15.9. The van der Waals surface area contributed by atoms with Crippen LogP contribution >= 0.6 is 0 Å². The molecule has 24 heavy (non-hydrogen) atoms. The van der Waals surface area contributed by atoms with E-state index in [0.717, 1.165) is 22.8 Å². The van der Waals surface area contributed by atoms with Crippen molar-refractivity contribution in [2.45, 2.75) is 48.5 Å². The summed E-state index contributed by atoms with van der Waals surface area (Å²) < 4.78 is 0. The quantitative estimate of drug-likeness (QED) is 0.579. The number of nitrogens with zero attached hydrogens (tertiary/aromatic N) is 2. The lowest BCUT2D eigenvalue weighted by atomic mass is 10.0. The summed E-state index contributed by atoms with van der Waals surface area (Å²) in [6.07, 6.45) is 0. The summed E-state index contributed by atoms with van der Waals surface area (Å²) in [4.78, 5) is 9.80. The first-order valence-electron chi connectivity index (χ1n) is 8.54. The average Bonchev–Trinajstić information content (AvgIpc) is 2.53. The Hall–Kier alpha value is -2.22. The first-order valence-corrected chi connectivity index (χ1v) is 8.54. The molecular weight excluding hydrogens is 292 g/mol. The molecule has 0 atom stereocenters. The number of benzene rings is 2. The van der Waals surface area contributed by atoms with E-state index in [2.05, 4.69) is 84.9 Å². The molecule has 0 saturated carbocycles. The van der Waals surface area contributed by atoms with Gasteiger partial charge in [0.1, 0.15) is 0 Å². The Bertz CT molecular complexity index is 690. The molecule has 0 N–H and O–H groups in total. The van der Waals surface area contributed by atoms with Crippen LogP contribution in [-0.2, 0) is 0 Å². The van der Waals surface area contributed by atoms with Gasteiger partial charge in [0.2, 0.25) is 0 Å². The van der Waals surface area contributed by atoms with E-state index < -0.39 is 0 Å². The summed E-state index contributed by atoms with van der Waals surface area (Å²) >= 11 is 0. The molecule has 0 bridgehead atoms. The molecule has 0 fully saturated rings. The van der Waals surface area contributed by atoms with Crippen LogP contribution in [0.2, 0.25) is 0 Å². The number of aliphatic imine (C=N–C) groups is 2. The molecule has 2 aromatic rings. The highest BCUT2D eigenvalue weighted by Crippen LogP contribution is 2.26. The highest BCUT2D eigenvalue weighted by atomic mass is 14.8. The second-order valence-corrected chi connectivity index (χ2v) is 6.71. The van der Waals surface area contributed by atoms with Crippen molar-refractivity contribution < 1.29 is 0 Å². The van der Waals surface area contributed by atoms with Gasteiger partial charge in [-0.15, -0.1) is 0 Å². The van der Waals surface area contributed by atoms with Gasteiger partial charge in [0.05, 0.1) is 11.4 Å². The van der Waals surface area contributed by atoms with Crippen LogP contribution in [0, 0.1) is 33.6 Å². The van der Waals surface area contributed by atoms with E-state index in [1.165, 1.54) is 22.3 Å². The zero-order chi connectivity index (χ0) is 17.9. The van der Waals surface area contributed by atoms with E-state index in [0.29, 0.717) is 0 Å². The Morgan fingerprint density at radius 1 is 0.667 bits per heavy atom. The van der Waals surface area contributed by atoms with Crippen LogP contribution in [0.5, 0.6) is 0 Å². The molecule has 2 nitrogen and oxygen atoms in total. The lowest BCUT2D eigenvalue weighted by molar-refractivity contribution is 1.03. The Labute approximate surface area is 146 Å². The summed E-state index contributed by atoms with van der Waals surface area (Å²) in [7, 11) is 0. The van der Waals surface area contributed by atoms with Crippen LogP contribution < -0.4 is 0 Å². The Morgan fingerprint density at radius 2 is 0.958 bits per heavy atom. The first kappa shape index (κ1) is 18.1. The Morgan fingerprint density at radius 3 is 1.25 bits per heavy atom. The van der Waals surface area contributed by atoms with Gasteiger partial charge < -0.3 is 0 Å². The normalized spacial score (nSPS) is 14.0. The number of rotatable bonds is 4. The van der Waals surface area contributed by atoms with Gasteiger partial charge in [0.25, 0.3) is 0 Å². The molecule has 0 aliphatic heterocycles. The van der Waals surface area contributed by atoms with E-state index in [9.17, 15) is 0 Å². The van der Waals surface area contributed by atoms with Crippen LogP contribution in [0.25, 0.3) is 0 Å². The molecule has 0 radical (unpaired) electrons. The number of aryl methyl sites for hydroxylation is 4. The van der Waals surface area contributed by atoms with E-state index >= 15 is 0 Å². The predicted molar refractivity (Wildman–Crippen MR) is 107 cm³/mol. The van der Waals surface area contributed by atoms with Crippen molar-refractivity contribution in [3.05, 3.63) is 58.7 Å². The predicted octanol–water partition coefficient (Wildman–Crippen LogP) is 6.44. The van der Waals surface area contributed by atoms with E-state index in [1.54, 1.807) is 0 Å². The third-order valence-electron chi connectivity index (χ3n) is 4.71. The van der Waals surface area contributed by atoms with Crippen LogP contribution in [0.15, 0.2) is 46.4 Å². The molecule has 0 aliphatic carbocycles. The van der Waals surface area contributed by atoms with E-state index in [1.807, 2.05) is 0 Å². The number of hydrogen-bond donors (Lipinski definition) is 0. The van der Waals surface area contributed by atoms with Crippen molar-refractivity contribution in [1.29, 1.82) is 0 Å². The van der Waals surface area contributed by atoms with Gasteiger partial charge in [0, 0.05) is 17.3 Å². The van der Waals surface area contributed by atoms with Crippen molar-refractivity contribution in [3.8, 4) is 0 Å². The van der Waals surface area contributed by atoms with Crippen molar-refractivity contribution >= 4 is 22.8 Å². The van der Waals surface area contributed by atoms with Gasteiger partial charge >= 0.3 is 0 Å². The van der Waals surface area contributed by atoms with Gasteiger partial charge in [-0.2, -0.15) is 0 Å². The summed E-state index contributed by atoms with van der Waals surface area (Å²) in [5, 5.41) is 0. The topological polar surface area (TPSA) is 24.7 Å². The minimum absolute atomic E-state index is 0.211. The number of para-hydroxylation sites is 2. The lowest BCUT2D eigenvalue weighted by Crippen LogP contribution is -2.16. The minimum atomic E-state index is 0.211. The minimum Gasteiger partial charge on any atom is -0.257 e. The fraction of sp³-hybridized carbons (Fsp3) is 0.364. The Kier molecular flexibility index (Phi) is 5.71. The maximum atomic E-state index is 4.90. The van der Waals surface area contributed by atoms with Crippen LogP contribution in [-0.4, -0.2) is 11.4 Å². The van der Waals surface area contributed by atoms with Crippen LogP contribution in [0.4, 0.5) is 11.4 Å². The van der Waals surface area contributed by atoms with Crippen LogP contribution in [0.3, 0.4) is 0 Å². The molecule has 2 aromatic carbocycles. The summed E-state index contributed by atoms with van der Waals surface area (Å²) in [6.45, 7) is 14.8. The Balaban J connectivity index is 2.35. The second kappa shape index (κ2) is 7.57. The van der Waals surface area contributed by atoms with Crippen molar-refractivity contribution in [1.82, 2.24) is 0 Å². The van der Waals surface area contributed by atoms with Gasteiger partial charge in [-0.05, 0) is 63.8 Å². The lowest BCUT2D eigenvalue weighted by Gasteiger charge is -2.14. The second-order valence-electron chi connectivity index (χ2n) is 6.71. The first-order chi connectivity index (χ1) is 11.3. The van der Waals surface area contributed by atoms with Gasteiger partial charge in [-0.25, -0.2) is 0 Å². The monoisotopic (exact) mass is 320 g/mol. The van der Waals surface area contributed by atoms with Crippen molar-refractivity contribution in [2.75, 3.05) is 0 Å². The third kappa shape index (κ3) is 4.00. The molecule has 0 heterocycles. The molecule has 0 unspecified atom stereocenters. The summed E-state index contributed by atoms with van der Waals surface area (Å²) in [5.41, 5.74) is 9.22. The van der Waals surface area contributed by atoms with Crippen molar-refractivity contribution in [3.63, 3.8) is 0 Å². The molecule has 2 rings (SSSR count). The molecule has 2 heteroatoms. The smallest absolute Gasteiger partial charge is 0.0687 e. The zero-order valence-electron chi connectivity index (χ0n) is 15.9. The largest absolute Gasteiger partial charge is 0.257 e. The maximum Gasteiger partial charge on any atom is 0.0687 e. The fourth-order valence-corrected chi connectivity index (χ4v) is 2.81. The van der Waals surface area contributed by atoms with Gasteiger partial charge in [-0.3, -0.25) is 9.98 Å². The molecule has 0 aromatic heterocycles. The van der Waals surface area contributed by atoms with Gasteiger partial charge in [-0.1, -0.05) is 43.3 Å². The average molecular weight is 320 g/mol. The van der Waals surface area contributed by atoms with Crippen LogP contribution in [0.1, 0.15) is 43.0 Å². The molecule has 0 aliphatic rings. The highest BCUT2D eigenvalue weighted by molar-refractivity contribution is 6.07. The summed E-state index contributed by atoms with van der Waals surface area (Å²) in [5.74, 6) is 0.211. The SMILES string of the molecule is CC(=Nc1c(C)cccc1C)C(C)C(C)=Nc1c(C)cccc1C. The summed E-state index contributed by atoms with van der Waals surface area (Å²) in [6, 6.07) is 12.6. The van der Waals surface area contributed by atoms with Crippen molar-refractivity contribution in [2.24, 2.45) is 15.9 Å². The molecule has 0 saturated heterocycles. The number of hydrogen-bond acceptors (Lipinski definition) is 2. The van der Waals surface area contributed by atoms with E-state index in [4.69, 9.17) is 9.98 Å². The third-order valence-corrected chi connectivity index (χ3v) is 4.71. The standard InChI is InChI=1S/C22H28N2/c1-14-10-8-11-15(2)21(14)23-19(6)18(5)20(7)24-22-16(3)12-9-13-17(22)4/h8-13,18H,1-7H3. The maximum absolute atomic E-state index is 4.90. The molecular formula is C22H28N2. The molecule has 0 spiro atoms. The molecule has 126 valence electrons. The fourth-order valence-electron chi connectivity index (χ4n) is 2.81.